The van der Waals surface area contributed by atoms with E-state index in [1.807, 2.05) is 17.5 Å². The molecule has 0 spiro atoms. The van der Waals surface area contributed by atoms with Gasteiger partial charge in [-0.15, -0.1) is 11.3 Å². The van der Waals surface area contributed by atoms with Crippen molar-refractivity contribution in [1.29, 1.82) is 5.26 Å². The topological polar surface area (TPSA) is 61.6 Å². The summed E-state index contributed by atoms with van der Waals surface area (Å²) in [6.07, 6.45) is 4.31. The Kier molecular flexibility index (Phi) is 3.68. The fourth-order valence-electron chi connectivity index (χ4n) is 1.47. The summed E-state index contributed by atoms with van der Waals surface area (Å²) in [6.45, 7) is 2.10. The van der Waals surface area contributed by atoms with Crippen LogP contribution in [0.2, 0.25) is 0 Å². The largest absolute Gasteiger partial charge is 0.361 e. The standard InChI is InChI=1S/C12H12N4S/c1-2-10(12-14-5-6-17-12)16-11-4-3-9(7-13)8-15-11/h3-6,8,10H,2H2,1H3,(H,15,16). The highest BCUT2D eigenvalue weighted by Crippen LogP contribution is 2.22. The first kappa shape index (κ1) is 11.6. The number of nitrogens with one attached hydrogen (secondary N) is 1. The summed E-state index contributed by atoms with van der Waals surface area (Å²) in [5, 5.41) is 15.0. The number of hydrogen-bond donors (Lipinski definition) is 1. The zero-order chi connectivity index (χ0) is 12.1. The maximum atomic E-state index is 8.69. The maximum Gasteiger partial charge on any atom is 0.126 e. The van der Waals surface area contributed by atoms with Crippen molar-refractivity contribution in [2.75, 3.05) is 5.32 Å². The predicted molar refractivity (Wildman–Crippen MR) is 67.7 cm³/mol. The average molecular weight is 244 g/mol. The van der Waals surface area contributed by atoms with E-state index in [-0.39, 0.29) is 6.04 Å². The fourth-order valence-corrected chi connectivity index (χ4v) is 2.24. The summed E-state index contributed by atoms with van der Waals surface area (Å²) in [5.74, 6) is 0.769. The summed E-state index contributed by atoms with van der Waals surface area (Å²) in [5.41, 5.74) is 0.567. The normalized spacial score (nSPS) is 11.8. The molecule has 2 rings (SSSR count). The molecule has 0 aliphatic heterocycles. The first-order chi connectivity index (χ1) is 8.33. The molecule has 0 saturated heterocycles. The Labute approximate surface area is 104 Å². The van der Waals surface area contributed by atoms with Crippen LogP contribution in [0.5, 0.6) is 0 Å². The van der Waals surface area contributed by atoms with Gasteiger partial charge in [0.05, 0.1) is 11.6 Å². The van der Waals surface area contributed by atoms with Crippen molar-refractivity contribution in [2.24, 2.45) is 0 Å². The highest BCUT2D eigenvalue weighted by Gasteiger charge is 2.11. The van der Waals surface area contributed by atoms with Crippen molar-refractivity contribution in [1.82, 2.24) is 9.97 Å². The van der Waals surface area contributed by atoms with E-state index in [0.29, 0.717) is 5.56 Å². The molecule has 2 aromatic heterocycles. The molecule has 1 atom stereocenters. The molecule has 4 nitrogen and oxygen atoms in total. The van der Waals surface area contributed by atoms with E-state index in [1.54, 1.807) is 29.8 Å². The van der Waals surface area contributed by atoms with E-state index in [4.69, 9.17) is 5.26 Å². The minimum atomic E-state index is 0.176. The van der Waals surface area contributed by atoms with E-state index in [2.05, 4.69) is 22.2 Å². The zero-order valence-electron chi connectivity index (χ0n) is 9.42. The molecule has 0 fully saturated rings. The molecule has 0 radical (unpaired) electrons. The van der Waals surface area contributed by atoms with E-state index >= 15 is 0 Å². The Balaban J connectivity index is 2.11. The molecule has 0 aliphatic rings. The van der Waals surface area contributed by atoms with Crippen LogP contribution in [0, 0.1) is 11.3 Å². The lowest BCUT2D eigenvalue weighted by molar-refractivity contribution is 0.737. The van der Waals surface area contributed by atoms with Crippen molar-refractivity contribution < 1.29 is 0 Å². The summed E-state index contributed by atoms with van der Waals surface area (Å²) in [6, 6.07) is 5.79. The Bertz CT molecular complexity index is 498. The number of aromatic nitrogens is 2. The minimum Gasteiger partial charge on any atom is -0.361 e. The van der Waals surface area contributed by atoms with Gasteiger partial charge in [0.15, 0.2) is 0 Å². The van der Waals surface area contributed by atoms with E-state index in [1.165, 1.54) is 0 Å². The van der Waals surface area contributed by atoms with Crippen molar-refractivity contribution >= 4 is 17.2 Å². The Morgan fingerprint density at radius 1 is 1.47 bits per heavy atom. The van der Waals surface area contributed by atoms with Crippen LogP contribution in [0.4, 0.5) is 5.82 Å². The third-order valence-corrected chi connectivity index (χ3v) is 3.26. The molecular weight excluding hydrogens is 232 g/mol. The number of nitriles is 1. The van der Waals surface area contributed by atoms with Crippen molar-refractivity contribution in [3.63, 3.8) is 0 Å². The van der Waals surface area contributed by atoms with E-state index in [9.17, 15) is 0 Å². The third-order valence-electron chi connectivity index (χ3n) is 2.37. The van der Waals surface area contributed by atoms with Crippen LogP contribution in [0.25, 0.3) is 0 Å². The number of anilines is 1. The number of rotatable bonds is 4. The van der Waals surface area contributed by atoms with Crippen molar-refractivity contribution in [3.05, 3.63) is 40.5 Å². The van der Waals surface area contributed by atoms with E-state index in [0.717, 1.165) is 17.2 Å². The van der Waals surface area contributed by atoms with Gasteiger partial charge in [0.1, 0.15) is 16.9 Å². The molecule has 0 aromatic carbocycles. The highest BCUT2D eigenvalue weighted by molar-refractivity contribution is 7.09. The molecule has 17 heavy (non-hydrogen) atoms. The summed E-state index contributed by atoms with van der Waals surface area (Å²) < 4.78 is 0. The highest BCUT2D eigenvalue weighted by atomic mass is 32.1. The molecule has 1 N–H and O–H groups in total. The van der Waals surface area contributed by atoms with Gasteiger partial charge in [0.25, 0.3) is 0 Å². The minimum absolute atomic E-state index is 0.176. The van der Waals surface area contributed by atoms with Gasteiger partial charge >= 0.3 is 0 Å². The zero-order valence-corrected chi connectivity index (χ0v) is 10.2. The summed E-state index contributed by atoms with van der Waals surface area (Å²) in [4.78, 5) is 8.48. The Morgan fingerprint density at radius 2 is 2.35 bits per heavy atom. The Morgan fingerprint density at radius 3 is 2.88 bits per heavy atom. The Hall–Kier alpha value is -1.93. The number of thiazole rings is 1. The molecule has 2 heterocycles. The van der Waals surface area contributed by atoms with Crippen LogP contribution < -0.4 is 5.32 Å². The first-order valence-electron chi connectivity index (χ1n) is 5.35. The van der Waals surface area contributed by atoms with Crippen molar-refractivity contribution in [2.45, 2.75) is 19.4 Å². The summed E-state index contributed by atoms with van der Waals surface area (Å²) >= 11 is 1.63. The second kappa shape index (κ2) is 5.41. The number of hydrogen-bond acceptors (Lipinski definition) is 5. The lowest BCUT2D eigenvalue weighted by Gasteiger charge is -2.14. The third kappa shape index (κ3) is 2.80. The van der Waals surface area contributed by atoms with Gasteiger partial charge in [0.2, 0.25) is 0 Å². The molecule has 2 aromatic rings. The van der Waals surface area contributed by atoms with Crippen molar-refractivity contribution in [3.8, 4) is 6.07 Å². The molecule has 1 unspecified atom stereocenters. The molecule has 86 valence electrons. The van der Waals surface area contributed by atoms with Crippen LogP contribution in [0.15, 0.2) is 29.9 Å². The predicted octanol–water partition coefficient (Wildman–Crippen LogP) is 2.97. The number of pyridine rings is 1. The van der Waals surface area contributed by atoms with Crippen LogP contribution in [0.1, 0.15) is 30.0 Å². The maximum absolute atomic E-state index is 8.69. The fraction of sp³-hybridized carbons (Fsp3) is 0.250. The smallest absolute Gasteiger partial charge is 0.126 e. The van der Waals surface area contributed by atoms with Gasteiger partial charge in [0, 0.05) is 17.8 Å². The van der Waals surface area contributed by atoms with Gasteiger partial charge in [-0.1, -0.05) is 6.92 Å². The van der Waals surface area contributed by atoms with Gasteiger partial charge in [-0.05, 0) is 18.6 Å². The lowest BCUT2D eigenvalue weighted by Crippen LogP contribution is -2.10. The molecule has 0 aliphatic carbocycles. The second-order valence-corrected chi connectivity index (χ2v) is 4.45. The van der Waals surface area contributed by atoms with E-state index < -0.39 is 0 Å². The molecule has 0 saturated carbocycles. The SMILES string of the molecule is CCC(Nc1ccc(C#N)cn1)c1nccs1. The molecule has 0 amide bonds. The van der Waals surface area contributed by atoms with Gasteiger partial charge in [-0.3, -0.25) is 0 Å². The van der Waals surface area contributed by atoms with Gasteiger partial charge in [-0.2, -0.15) is 5.26 Å². The van der Waals surface area contributed by atoms with Crippen LogP contribution in [-0.2, 0) is 0 Å². The quantitative estimate of drug-likeness (QED) is 0.898. The van der Waals surface area contributed by atoms with Crippen LogP contribution >= 0.6 is 11.3 Å². The van der Waals surface area contributed by atoms with Crippen LogP contribution in [0.3, 0.4) is 0 Å². The monoisotopic (exact) mass is 244 g/mol. The van der Waals surface area contributed by atoms with Gasteiger partial charge < -0.3 is 5.32 Å². The second-order valence-electron chi connectivity index (χ2n) is 3.52. The van der Waals surface area contributed by atoms with Crippen LogP contribution in [-0.4, -0.2) is 9.97 Å². The molecule has 5 heteroatoms. The summed E-state index contributed by atoms with van der Waals surface area (Å²) in [7, 11) is 0. The number of nitrogens with zero attached hydrogens (tertiary/aromatic N) is 3. The lowest BCUT2D eigenvalue weighted by atomic mass is 10.2. The molecule has 0 bridgehead atoms. The first-order valence-corrected chi connectivity index (χ1v) is 6.23. The molecular formula is C12H12N4S. The van der Waals surface area contributed by atoms with Gasteiger partial charge in [-0.25, -0.2) is 9.97 Å². The average Bonchev–Trinajstić information content (AvgIpc) is 2.90.